The van der Waals surface area contributed by atoms with Gasteiger partial charge in [0.05, 0.1) is 50.7 Å². The molecular formula is C34H56N2O27. The fraction of sp³-hybridized carbons (Fsp3) is 0.882. The van der Waals surface area contributed by atoms with E-state index >= 15 is 0 Å². The Labute approximate surface area is 355 Å². The normalized spacial score (nSPS) is 42.9. The van der Waals surface area contributed by atoms with E-state index in [4.69, 9.17) is 33.2 Å². The van der Waals surface area contributed by atoms with E-state index in [0.717, 1.165) is 13.8 Å². The maximum Gasteiger partial charge on any atom is 0.364 e. The van der Waals surface area contributed by atoms with Crippen molar-refractivity contribution in [2.24, 2.45) is 0 Å². The van der Waals surface area contributed by atoms with Crippen molar-refractivity contribution in [2.75, 3.05) is 26.4 Å². The molecule has 0 saturated carbocycles. The second kappa shape index (κ2) is 21.6. The van der Waals surface area contributed by atoms with E-state index < -0.39 is 197 Å². The largest absolute Gasteiger partial charge is 0.477 e. The Morgan fingerprint density at radius 3 is 1.63 bits per heavy atom. The van der Waals surface area contributed by atoms with Gasteiger partial charge in [-0.3, -0.25) is 9.59 Å². The van der Waals surface area contributed by atoms with Crippen LogP contribution in [0.2, 0.25) is 0 Å². The van der Waals surface area contributed by atoms with Gasteiger partial charge in [-0.25, -0.2) is 9.59 Å². The number of aliphatic carboxylic acids is 2. The number of carboxylic acid groups (broad SMARTS) is 2. The zero-order valence-electron chi connectivity index (χ0n) is 33.4. The summed E-state index contributed by atoms with van der Waals surface area (Å²) < 4.78 is 38.4. The standard InChI is InChI=1S/C34H56N2O27/c1-9(41)35-17-11(43)3-33(31(53)54,61-26(17)19(46)13(45)5-37)60-15(7-39)21(48)27-18(36-10(2)42)12(44)4-34(62-27,32(55)56)63-28-20(47)14(6-38)58-30(24(28)51)59-25-16(8-40)57-29(52)23(50)22(25)49/h11-30,37-40,43-52H,3-8H2,1-2H3,(H,35,41)(H,36,42)(H,53,54)(H,55,56)/t11-,12+,13+,14+,15-,16+,17-,18+,19-,20+,21+,22+,23-,24+,25-,26+,27+,28-,29-,30-,33+,34+/m1/s1. The van der Waals surface area contributed by atoms with E-state index in [-0.39, 0.29) is 0 Å². The number of aliphatic hydroxyl groups excluding tert-OH is 14. The summed E-state index contributed by atoms with van der Waals surface area (Å²) in [5.41, 5.74) is 0. The Morgan fingerprint density at radius 2 is 1.16 bits per heavy atom. The van der Waals surface area contributed by atoms with Crippen LogP contribution < -0.4 is 10.6 Å². The monoisotopic (exact) mass is 924 g/mol. The van der Waals surface area contributed by atoms with Gasteiger partial charge in [0.1, 0.15) is 85.5 Å². The van der Waals surface area contributed by atoms with Crippen molar-refractivity contribution in [3.63, 3.8) is 0 Å². The molecule has 0 aromatic carbocycles. The first kappa shape index (κ1) is 52.7. The van der Waals surface area contributed by atoms with E-state index in [9.17, 15) is 101 Å². The molecule has 22 atom stereocenters. The highest BCUT2D eigenvalue weighted by Crippen LogP contribution is 2.40. The molecule has 0 radical (unpaired) electrons. The maximum atomic E-state index is 13.1. The van der Waals surface area contributed by atoms with Crippen molar-refractivity contribution in [1.29, 1.82) is 0 Å². The van der Waals surface area contributed by atoms with Crippen LogP contribution >= 0.6 is 0 Å². The van der Waals surface area contributed by atoms with Crippen molar-refractivity contribution in [3.05, 3.63) is 0 Å². The SMILES string of the molecule is CC(=O)N[C@@H]1[C@@H]([C@@H](O)[C@@H](CO)O[C@@]2(C(=O)O)C[C@@H](O)[C@@H](NC(C)=O)[C@@H]([C@H](O)[C@@H](O)CO)O2)O[C@@](O[C@H]2[C@H](O)[C@@H](O[C@H]3[C@@H](O)[C@@H](O)[C@H](O)O[C@H]3CO)O[C@@H](CO)[C@@H]2O)(C(=O)O)C[C@@H]1O. The van der Waals surface area contributed by atoms with Gasteiger partial charge >= 0.3 is 11.9 Å². The lowest BCUT2D eigenvalue weighted by molar-refractivity contribution is -0.387. The molecule has 18 N–H and O–H groups in total. The van der Waals surface area contributed by atoms with Gasteiger partial charge in [-0.2, -0.15) is 0 Å². The van der Waals surface area contributed by atoms with E-state index in [1.807, 2.05) is 0 Å². The highest BCUT2D eigenvalue weighted by atomic mass is 16.8. The number of amides is 2. The molecule has 4 aliphatic rings. The van der Waals surface area contributed by atoms with Crippen molar-refractivity contribution < 1.29 is 134 Å². The molecule has 63 heavy (non-hydrogen) atoms. The Kier molecular flexibility index (Phi) is 18.0. The number of aliphatic hydroxyl groups is 14. The first-order chi connectivity index (χ1) is 29.4. The second-order valence-corrected chi connectivity index (χ2v) is 15.5. The van der Waals surface area contributed by atoms with Gasteiger partial charge in [-0.15, -0.1) is 0 Å². The molecule has 4 heterocycles. The summed E-state index contributed by atoms with van der Waals surface area (Å²) in [6, 6.07) is -3.57. The Morgan fingerprint density at radius 1 is 0.651 bits per heavy atom. The highest BCUT2D eigenvalue weighted by molar-refractivity contribution is 5.77. The molecule has 0 aromatic rings. The third kappa shape index (κ3) is 11.2. The van der Waals surface area contributed by atoms with E-state index in [2.05, 4.69) is 10.6 Å². The van der Waals surface area contributed by atoms with Crippen LogP contribution in [0.3, 0.4) is 0 Å². The number of rotatable bonds is 18. The molecule has 364 valence electrons. The van der Waals surface area contributed by atoms with Gasteiger partial charge in [-0.05, 0) is 0 Å². The third-order valence-electron chi connectivity index (χ3n) is 11.0. The minimum atomic E-state index is -3.33. The Balaban J connectivity index is 1.72. The molecule has 4 rings (SSSR count). The minimum absolute atomic E-state index is 0.837. The van der Waals surface area contributed by atoms with Crippen LogP contribution in [0, 0.1) is 0 Å². The lowest BCUT2D eigenvalue weighted by atomic mass is 9.87. The van der Waals surface area contributed by atoms with Crippen LogP contribution in [0.5, 0.6) is 0 Å². The first-order valence-corrected chi connectivity index (χ1v) is 19.4. The molecule has 2 amide bonds. The smallest absolute Gasteiger partial charge is 0.364 e. The van der Waals surface area contributed by atoms with Crippen molar-refractivity contribution in [1.82, 2.24) is 10.6 Å². The van der Waals surface area contributed by atoms with Gasteiger partial charge in [0, 0.05) is 26.7 Å². The van der Waals surface area contributed by atoms with Gasteiger partial charge < -0.3 is 125 Å². The quantitative estimate of drug-likeness (QED) is 0.0607. The lowest BCUT2D eigenvalue weighted by Gasteiger charge is -2.51. The van der Waals surface area contributed by atoms with Crippen LogP contribution in [-0.2, 0) is 52.3 Å². The van der Waals surface area contributed by atoms with Gasteiger partial charge in [-0.1, -0.05) is 0 Å². The summed E-state index contributed by atoms with van der Waals surface area (Å²) >= 11 is 0. The minimum Gasteiger partial charge on any atom is -0.477 e. The second-order valence-electron chi connectivity index (χ2n) is 15.5. The summed E-state index contributed by atoms with van der Waals surface area (Å²) in [4.78, 5) is 50.3. The van der Waals surface area contributed by atoms with Crippen molar-refractivity contribution >= 4 is 23.8 Å². The summed E-state index contributed by atoms with van der Waals surface area (Å²) in [6.45, 7) is -2.75. The first-order valence-electron chi connectivity index (χ1n) is 19.4. The average Bonchev–Trinajstić information content (AvgIpc) is 3.22. The summed E-state index contributed by atoms with van der Waals surface area (Å²) in [5.74, 6) is -12.6. The molecule has 0 bridgehead atoms. The molecule has 29 heteroatoms. The Hall–Kier alpha value is -2.96. The molecule has 4 aliphatic heterocycles. The number of hydrogen-bond donors (Lipinski definition) is 18. The number of carbonyl (C=O) groups is 4. The van der Waals surface area contributed by atoms with Crippen LogP contribution in [-0.4, -0.2) is 266 Å². The maximum absolute atomic E-state index is 13.1. The predicted molar refractivity (Wildman–Crippen MR) is 191 cm³/mol. The average molecular weight is 925 g/mol. The highest BCUT2D eigenvalue weighted by Gasteiger charge is 2.62. The molecule has 0 aromatic heterocycles. The molecule has 0 aliphatic carbocycles. The third-order valence-corrected chi connectivity index (χ3v) is 11.0. The van der Waals surface area contributed by atoms with Crippen molar-refractivity contribution in [2.45, 2.75) is 161 Å². The van der Waals surface area contributed by atoms with Crippen LogP contribution in [0.15, 0.2) is 0 Å². The fourth-order valence-electron chi connectivity index (χ4n) is 7.76. The molecular weight excluding hydrogens is 868 g/mol. The number of carbonyl (C=O) groups excluding carboxylic acids is 2. The molecule has 0 spiro atoms. The van der Waals surface area contributed by atoms with Gasteiger partial charge in [0.15, 0.2) is 12.6 Å². The van der Waals surface area contributed by atoms with Crippen LogP contribution in [0.25, 0.3) is 0 Å². The van der Waals surface area contributed by atoms with Crippen LogP contribution in [0.1, 0.15) is 26.7 Å². The molecule has 0 unspecified atom stereocenters. The molecule has 4 saturated heterocycles. The van der Waals surface area contributed by atoms with Crippen LogP contribution in [0.4, 0.5) is 0 Å². The van der Waals surface area contributed by atoms with E-state index in [0.29, 0.717) is 0 Å². The molecule has 29 nitrogen and oxygen atoms in total. The fourth-order valence-corrected chi connectivity index (χ4v) is 7.76. The topological polar surface area (TPSA) is 481 Å². The van der Waals surface area contributed by atoms with Gasteiger partial charge in [0.2, 0.25) is 11.8 Å². The van der Waals surface area contributed by atoms with E-state index in [1.165, 1.54) is 0 Å². The van der Waals surface area contributed by atoms with Crippen molar-refractivity contribution in [3.8, 4) is 0 Å². The molecule has 4 fully saturated rings. The summed E-state index contributed by atoms with van der Waals surface area (Å²) in [7, 11) is 0. The van der Waals surface area contributed by atoms with E-state index in [1.54, 1.807) is 0 Å². The number of hydrogen-bond acceptors (Lipinski definition) is 25. The Bertz CT molecular complexity index is 1560. The number of ether oxygens (including phenoxy) is 7. The number of nitrogens with one attached hydrogen (secondary N) is 2. The predicted octanol–water partition coefficient (Wildman–Crippen LogP) is -11.0. The summed E-state index contributed by atoms with van der Waals surface area (Å²) in [5, 5.41) is 173. The number of carboxylic acids is 2. The zero-order valence-corrected chi connectivity index (χ0v) is 33.4. The lowest BCUT2D eigenvalue weighted by Crippen LogP contribution is -2.72. The van der Waals surface area contributed by atoms with Gasteiger partial charge in [0.25, 0.3) is 11.6 Å². The summed E-state index contributed by atoms with van der Waals surface area (Å²) in [6.07, 6.45) is -40.7. The zero-order chi connectivity index (χ0) is 47.5.